The zero-order valence-corrected chi connectivity index (χ0v) is 19.5. The minimum Gasteiger partial charge on any atom is -0.490 e. The largest absolute Gasteiger partial charge is 0.490 e. The van der Waals surface area contributed by atoms with E-state index in [0.717, 1.165) is 0 Å². The minimum absolute atomic E-state index is 0.00951. The van der Waals surface area contributed by atoms with Crippen LogP contribution >= 0.6 is 0 Å². The molecule has 1 saturated heterocycles. The third-order valence-corrected chi connectivity index (χ3v) is 5.77. The van der Waals surface area contributed by atoms with Crippen molar-refractivity contribution in [2.75, 3.05) is 19.8 Å². The summed E-state index contributed by atoms with van der Waals surface area (Å²) in [6.07, 6.45) is 3.51. The van der Waals surface area contributed by atoms with Crippen molar-refractivity contribution in [1.82, 2.24) is 0 Å². The van der Waals surface area contributed by atoms with Crippen LogP contribution < -0.4 is 4.74 Å². The number of ether oxygens (including phenoxy) is 3. The second-order valence-corrected chi connectivity index (χ2v) is 8.28. The van der Waals surface area contributed by atoms with E-state index < -0.39 is 29.6 Å². The smallest absolute Gasteiger partial charge is 0.201 e. The van der Waals surface area contributed by atoms with E-state index in [-0.39, 0.29) is 35.0 Å². The fraction of sp³-hybridized carbons (Fsp3) is 0.286. The first-order valence-corrected chi connectivity index (χ1v) is 11.5. The molecule has 1 aliphatic heterocycles. The van der Waals surface area contributed by atoms with Crippen LogP contribution in [0.3, 0.4) is 0 Å². The molecule has 4 rings (SSSR count). The predicted molar refractivity (Wildman–Crippen MR) is 126 cm³/mol. The van der Waals surface area contributed by atoms with E-state index in [1.807, 2.05) is 26.0 Å². The van der Waals surface area contributed by atoms with Crippen molar-refractivity contribution in [3.8, 4) is 28.0 Å². The van der Waals surface area contributed by atoms with Crippen molar-refractivity contribution in [3.05, 3.63) is 89.5 Å². The Bertz CT molecular complexity index is 1200. The molecular weight excluding hydrogens is 460 g/mol. The van der Waals surface area contributed by atoms with Crippen LogP contribution in [-0.4, -0.2) is 19.8 Å². The van der Waals surface area contributed by atoms with E-state index in [1.54, 1.807) is 0 Å². The number of hydrogen-bond donors (Lipinski definition) is 0. The number of hydrogen-bond acceptors (Lipinski definition) is 3. The van der Waals surface area contributed by atoms with Gasteiger partial charge in [0.1, 0.15) is 0 Å². The molecule has 1 aliphatic rings. The Morgan fingerprint density at radius 2 is 1.37 bits per heavy atom. The lowest BCUT2D eigenvalue weighted by Gasteiger charge is -2.28. The monoisotopic (exact) mass is 486 g/mol. The second-order valence-electron chi connectivity index (χ2n) is 8.28. The topological polar surface area (TPSA) is 27.7 Å². The molecule has 0 saturated carbocycles. The number of halogens is 4. The zero-order valence-electron chi connectivity index (χ0n) is 19.5. The summed E-state index contributed by atoms with van der Waals surface area (Å²) in [5, 5.41) is 0. The lowest BCUT2D eigenvalue weighted by atomic mass is 9.98. The van der Waals surface area contributed by atoms with Gasteiger partial charge in [0.15, 0.2) is 29.5 Å². The molecular formula is C28H26F4O3. The van der Waals surface area contributed by atoms with Gasteiger partial charge in [0.2, 0.25) is 5.82 Å². The van der Waals surface area contributed by atoms with Crippen LogP contribution in [0.25, 0.3) is 22.3 Å². The van der Waals surface area contributed by atoms with Crippen molar-refractivity contribution in [2.45, 2.75) is 26.6 Å². The van der Waals surface area contributed by atoms with Crippen molar-refractivity contribution in [3.63, 3.8) is 0 Å². The first kappa shape index (κ1) is 24.9. The molecule has 1 heterocycles. The van der Waals surface area contributed by atoms with Crippen LogP contribution in [0.5, 0.6) is 5.75 Å². The molecule has 3 aromatic carbocycles. The van der Waals surface area contributed by atoms with Crippen molar-refractivity contribution < 1.29 is 31.8 Å². The molecule has 1 fully saturated rings. The van der Waals surface area contributed by atoms with E-state index in [2.05, 4.69) is 0 Å². The summed E-state index contributed by atoms with van der Waals surface area (Å²) >= 11 is 0. The molecule has 0 amide bonds. The van der Waals surface area contributed by atoms with Gasteiger partial charge in [0.25, 0.3) is 0 Å². The molecule has 3 aromatic rings. The summed E-state index contributed by atoms with van der Waals surface area (Å²) < 4.78 is 75.2. The fourth-order valence-corrected chi connectivity index (χ4v) is 3.96. The quantitative estimate of drug-likeness (QED) is 0.254. The maximum atomic E-state index is 15.0. The Morgan fingerprint density at radius 1 is 0.800 bits per heavy atom. The normalized spacial score (nSPS) is 18.2. The highest BCUT2D eigenvalue weighted by atomic mass is 19.2. The van der Waals surface area contributed by atoms with Gasteiger partial charge in [0.05, 0.1) is 19.8 Å². The van der Waals surface area contributed by atoms with E-state index in [4.69, 9.17) is 14.2 Å². The number of rotatable bonds is 7. The van der Waals surface area contributed by atoms with Gasteiger partial charge >= 0.3 is 0 Å². The molecule has 35 heavy (non-hydrogen) atoms. The number of benzene rings is 3. The van der Waals surface area contributed by atoms with Gasteiger partial charge in [-0.05, 0) is 36.6 Å². The summed E-state index contributed by atoms with van der Waals surface area (Å²) in [5.41, 5.74) is 0.853. The Kier molecular flexibility index (Phi) is 7.88. The lowest BCUT2D eigenvalue weighted by molar-refractivity contribution is -0.199. The molecule has 0 spiro atoms. The maximum Gasteiger partial charge on any atom is 0.201 e. The molecule has 0 aliphatic carbocycles. The van der Waals surface area contributed by atoms with E-state index >= 15 is 0 Å². The van der Waals surface area contributed by atoms with E-state index in [1.165, 1.54) is 48.5 Å². The molecule has 0 aromatic heterocycles. The lowest BCUT2D eigenvalue weighted by Crippen LogP contribution is -2.26. The van der Waals surface area contributed by atoms with Crippen LogP contribution in [0.2, 0.25) is 0 Å². The molecule has 184 valence electrons. The fourth-order valence-electron chi connectivity index (χ4n) is 3.96. The Morgan fingerprint density at radius 3 is 1.94 bits per heavy atom. The van der Waals surface area contributed by atoms with Crippen molar-refractivity contribution >= 4 is 0 Å². The Hall–Kier alpha value is -3.16. The Balaban J connectivity index is 1.55. The molecule has 0 N–H and O–H groups in total. The molecule has 0 bridgehead atoms. The molecule has 7 heteroatoms. The highest BCUT2D eigenvalue weighted by Gasteiger charge is 2.27. The minimum atomic E-state index is -1.06. The summed E-state index contributed by atoms with van der Waals surface area (Å²) in [7, 11) is 0. The highest BCUT2D eigenvalue weighted by Crippen LogP contribution is 2.35. The average molecular weight is 487 g/mol. The molecule has 0 unspecified atom stereocenters. The summed E-state index contributed by atoms with van der Waals surface area (Å²) in [5.74, 6) is -4.25. The van der Waals surface area contributed by atoms with Crippen LogP contribution in [0.1, 0.15) is 32.1 Å². The van der Waals surface area contributed by atoms with Crippen LogP contribution in [0.15, 0.2) is 60.7 Å². The van der Waals surface area contributed by atoms with Gasteiger partial charge < -0.3 is 14.2 Å². The molecule has 0 radical (unpaired) electrons. The van der Waals surface area contributed by atoms with Crippen LogP contribution in [0.4, 0.5) is 17.6 Å². The first-order chi connectivity index (χ1) is 16.9. The summed E-state index contributed by atoms with van der Waals surface area (Å²) in [6.45, 7) is 4.73. The third kappa shape index (κ3) is 5.26. The van der Waals surface area contributed by atoms with Gasteiger partial charge in [0, 0.05) is 22.6 Å². The van der Waals surface area contributed by atoms with Crippen LogP contribution in [-0.2, 0) is 9.47 Å². The maximum absolute atomic E-state index is 15.0. The SMILES string of the molecule is C/C=C/C1COC(c2ccc(-c3ccc(-c4ccc(OCCC)c(F)c4F)cc3)c(F)c2F)OC1. The number of allylic oxidation sites excluding steroid dienone is 1. The van der Waals surface area contributed by atoms with Crippen molar-refractivity contribution in [1.29, 1.82) is 0 Å². The van der Waals surface area contributed by atoms with Gasteiger partial charge in [-0.1, -0.05) is 55.5 Å². The van der Waals surface area contributed by atoms with Crippen molar-refractivity contribution in [2.24, 2.45) is 5.92 Å². The van der Waals surface area contributed by atoms with Gasteiger partial charge in [-0.25, -0.2) is 13.2 Å². The predicted octanol–water partition coefficient (Wildman–Crippen LogP) is 7.60. The zero-order chi connectivity index (χ0) is 24.9. The standard InChI is InChI=1S/C28H26F4O3/c1-3-5-17-15-34-28(35-16-17)22-11-10-20(24(29)26(22)31)18-6-8-19(9-7-18)21-12-13-23(33-14-4-2)27(32)25(21)30/h3,5-13,17,28H,4,14-16H2,1-2H3/b5-3+. The van der Waals surface area contributed by atoms with E-state index in [0.29, 0.717) is 30.8 Å². The molecule has 0 atom stereocenters. The summed E-state index contributed by atoms with van der Waals surface area (Å²) in [6, 6.07) is 11.8. The second kappa shape index (κ2) is 11.1. The van der Waals surface area contributed by atoms with Gasteiger partial charge in [-0.3, -0.25) is 0 Å². The van der Waals surface area contributed by atoms with Crippen LogP contribution in [0, 0.1) is 29.2 Å². The van der Waals surface area contributed by atoms with Gasteiger partial charge in [-0.2, -0.15) is 4.39 Å². The van der Waals surface area contributed by atoms with E-state index in [9.17, 15) is 17.6 Å². The first-order valence-electron chi connectivity index (χ1n) is 11.5. The molecule has 3 nitrogen and oxygen atoms in total. The van der Waals surface area contributed by atoms with Gasteiger partial charge in [-0.15, -0.1) is 0 Å². The third-order valence-electron chi connectivity index (χ3n) is 5.77. The summed E-state index contributed by atoms with van der Waals surface area (Å²) in [4.78, 5) is 0. The Labute approximate surface area is 202 Å². The highest BCUT2D eigenvalue weighted by molar-refractivity contribution is 5.71. The average Bonchev–Trinajstić information content (AvgIpc) is 2.88.